The number of unbranched alkanes of at least 4 members (excludes halogenated alkanes) is 25. The molecule has 1 aromatic rings. The van der Waals surface area contributed by atoms with Crippen LogP contribution in [0, 0.1) is 11.8 Å². The van der Waals surface area contributed by atoms with Gasteiger partial charge in [-0.25, -0.2) is 13.9 Å². The Hall–Kier alpha value is -2.24. The van der Waals surface area contributed by atoms with Crippen LogP contribution in [0.2, 0.25) is 0 Å². The van der Waals surface area contributed by atoms with Crippen molar-refractivity contribution < 1.29 is 66.3 Å². The first kappa shape index (κ1) is 64.9. The molecule has 1 aromatic heterocycles. The Kier molecular flexibility index (Phi) is 35.0. The van der Waals surface area contributed by atoms with Gasteiger partial charge in [-0.2, -0.15) is 9.29 Å². The zero-order valence-electron chi connectivity index (χ0n) is 43.9. The Morgan fingerprint density at radius 1 is 0.634 bits per heavy atom. The van der Waals surface area contributed by atoms with Crippen molar-refractivity contribution in [1.82, 2.24) is 9.55 Å². The lowest BCUT2D eigenvalue weighted by molar-refractivity contribution is -0.161. The third-order valence-electron chi connectivity index (χ3n) is 12.8. The molecule has 7 atom stereocenters. The van der Waals surface area contributed by atoms with Crippen LogP contribution in [0.3, 0.4) is 0 Å². The van der Waals surface area contributed by atoms with E-state index in [-0.39, 0.29) is 18.7 Å². The van der Waals surface area contributed by atoms with Gasteiger partial charge in [-0.05, 0) is 30.7 Å². The van der Waals surface area contributed by atoms with Gasteiger partial charge in [-0.3, -0.25) is 23.2 Å². The molecule has 1 aliphatic rings. The summed E-state index contributed by atoms with van der Waals surface area (Å²) in [6, 6.07) is 1.25. The number of anilines is 1. The van der Waals surface area contributed by atoms with Crippen molar-refractivity contribution >= 4 is 33.4 Å². The summed E-state index contributed by atoms with van der Waals surface area (Å²) in [7, 11) is -10.8. The molecule has 6 N–H and O–H groups in total. The number of hydrogen-bond acceptors (Lipinski definition) is 15. The van der Waals surface area contributed by atoms with Crippen LogP contribution in [0.1, 0.15) is 233 Å². The molecular formula is C51H95N3O15P2. The van der Waals surface area contributed by atoms with Crippen LogP contribution in [0.4, 0.5) is 5.82 Å². The van der Waals surface area contributed by atoms with Crippen molar-refractivity contribution in [2.45, 2.75) is 257 Å². The zero-order valence-corrected chi connectivity index (χ0v) is 45.7. The number of aliphatic hydroxyl groups is 2. The van der Waals surface area contributed by atoms with Gasteiger partial charge in [-0.15, -0.1) is 0 Å². The fraction of sp³-hybridized carbons (Fsp3) is 0.882. The summed E-state index contributed by atoms with van der Waals surface area (Å²) in [5, 5.41) is 20.9. The molecule has 0 amide bonds. The number of nitrogens with zero attached hydrogens (tertiary/aromatic N) is 2. The van der Waals surface area contributed by atoms with Crippen LogP contribution < -0.4 is 11.4 Å². The lowest BCUT2D eigenvalue weighted by Gasteiger charge is -2.21. The molecule has 71 heavy (non-hydrogen) atoms. The minimum atomic E-state index is -5.42. The smallest absolute Gasteiger partial charge is 0.462 e. The Bertz CT molecular complexity index is 1720. The second-order valence-electron chi connectivity index (χ2n) is 20.4. The number of esters is 2. The van der Waals surface area contributed by atoms with E-state index in [1.54, 1.807) is 0 Å². The molecule has 3 unspecified atom stereocenters. The summed E-state index contributed by atoms with van der Waals surface area (Å²) in [5.74, 6) is 0.308. The molecule has 0 aliphatic carbocycles. The molecule has 2 heterocycles. The van der Waals surface area contributed by atoms with E-state index in [0.29, 0.717) is 12.8 Å². The average molecular weight is 1050 g/mol. The largest absolute Gasteiger partial charge is 0.481 e. The lowest BCUT2D eigenvalue weighted by atomic mass is 10.0. The first-order valence-electron chi connectivity index (χ1n) is 27.3. The van der Waals surface area contributed by atoms with Crippen molar-refractivity contribution in [3.05, 3.63) is 22.7 Å². The molecule has 0 spiro atoms. The van der Waals surface area contributed by atoms with Crippen molar-refractivity contribution in [2.24, 2.45) is 11.8 Å². The minimum Gasteiger partial charge on any atom is -0.462 e. The summed E-state index contributed by atoms with van der Waals surface area (Å²) in [6.07, 6.45) is 27.6. The number of hydrogen-bond donors (Lipinski definition) is 5. The number of rotatable bonds is 45. The fourth-order valence-corrected chi connectivity index (χ4v) is 10.7. The number of nitrogen functional groups attached to an aromatic ring is 1. The molecule has 1 aliphatic heterocycles. The van der Waals surface area contributed by atoms with Crippen LogP contribution in [0.15, 0.2) is 17.1 Å². The molecule has 414 valence electrons. The SMILES string of the molecule is CC(C)CCCCCCCCCCCCCCCCC(=O)OC[C@H](COP(=O)(O)OP(=O)(O)OC[C@H]1O[C@@H](n2ccc(N)nc2=O)C(O)[C@H]1O)OC(=O)CCCCCCCCCCCCCCCC(C)C. The second-order valence-corrected chi connectivity index (χ2v) is 23.4. The van der Waals surface area contributed by atoms with Gasteiger partial charge in [0.05, 0.1) is 13.2 Å². The average Bonchev–Trinajstić information content (AvgIpc) is 3.58. The topological polar surface area (TPSA) is 265 Å². The molecule has 0 saturated carbocycles. The van der Waals surface area contributed by atoms with Gasteiger partial charge < -0.3 is 39.9 Å². The van der Waals surface area contributed by atoms with E-state index in [1.165, 1.54) is 134 Å². The maximum Gasteiger partial charge on any atom is 0.481 e. The van der Waals surface area contributed by atoms with Crippen molar-refractivity contribution in [1.29, 1.82) is 0 Å². The summed E-state index contributed by atoms with van der Waals surface area (Å²) in [5.41, 5.74) is 4.60. The first-order valence-corrected chi connectivity index (χ1v) is 30.3. The number of phosphoric acid groups is 2. The molecule has 0 radical (unpaired) electrons. The zero-order chi connectivity index (χ0) is 52.3. The van der Waals surface area contributed by atoms with E-state index in [4.69, 9.17) is 29.0 Å². The van der Waals surface area contributed by atoms with Crippen LogP contribution in [0.25, 0.3) is 0 Å². The molecule has 18 nitrogen and oxygen atoms in total. The molecule has 0 aromatic carbocycles. The number of nitrogens with two attached hydrogens (primary N) is 1. The van der Waals surface area contributed by atoms with E-state index in [9.17, 15) is 43.5 Å². The maximum absolute atomic E-state index is 12.9. The summed E-state index contributed by atoms with van der Waals surface area (Å²) < 4.78 is 56.9. The van der Waals surface area contributed by atoms with E-state index in [2.05, 4.69) is 37.0 Å². The highest BCUT2D eigenvalue weighted by Crippen LogP contribution is 2.60. The summed E-state index contributed by atoms with van der Waals surface area (Å²) in [6.45, 7) is 6.84. The molecule has 20 heteroatoms. The fourth-order valence-electron chi connectivity index (χ4n) is 8.57. The van der Waals surface area contributed by atoms with Gasteiger partial charge in [0.15, 0.2) is 12.3 Å². The number of phosphoric ester groups is 2. The summed E-state index contributed by atoms with van der Waals surface area (Å²) in [4.78, 5) is 62.0. The Balaban J connectivity index is 1.76. The van der Waals surface area contributed by atoms with E-state index in [1.807, 2.05) is 0 Å². The van der Waals surface area contributed by atoms with Gasteiger partial charge in [0.1, 0.15) is 30.7 Å². The molecule has 2 rings (SSSR count). The standard InChI is InChI=1S/C51H95N3O15P2/c1-41(2)32-28-24-20-16-12-8-5-6-10-14-18-22-26-30-34-46(55)64-38-43(67-47(56)35-31-27-23-19-15-11-7-9-13-17-21-25-29-33-42(3)4)39-65-70(60,61)69-71(62,63)66-40-44-48(57)49(58)50(68-44)54-37-36-45(52)53-51(54)59/h36-37,41-44,48-50,57-58H,5-35,38-40H2,1-4H3,(H,60,61)(H,62,63)(H2,52,53,59)/t43-,44-,48+,49?,50-/m1/s1. The van der Waals surface area contributed by atoms with Gasteiger partial charge >= 0.3 is 33.3 Å². The number of aromatic nitrogens is 2. The van der Waals surface area contributed by atoms with Crippen molar-refractivity contribution in [3.63, 3.8) is 0 Å². The van der Waals surface area contributed by atoms with Gasteiger partial charge in [0, 0.05) is 19.0 Å². The van der Waals surface area contributed by atoms with Crippen LogP contribution >= 0.6 is 15.6 Å². The highest BCUT2D eigenvalue weighted by Gasteiger charge is 2.46. The maximum atomic E-state index is 12.9. The molecular weight excluding hydrogens is 957 g/mol. The third kappa shape index (κ3) is 32.6. The monoisotopic (exact) mass is 1050 g/mol. The molecule has 1 fully saturated rings. The molecule has 1 saturated heterocycles. The van der Waals surface area contributed by atoms with Crippen LogP contribution in [0.5, 0.6) is 0 Å². The number of ether oxygens (including phenoxy) is 3. The van der Waals surface area contributed by atoms with Gasteiger partial charge in [0.2, 0.25) is 0 Å². The van der Waals surface area contributed by atoms with Crippen LogP contribution in [-0.4, -0.2) is 85.7 Å². The highest BCUT2D eigenvalue weighted by atomic mass is 31.3. The highest BCUT2D eigenvalue weighted by molar-refractivity contribution is 7.61. The van der Waals surface area contributed by atoms with E-state index in [0.717, 1.165) is 67.8 Å². The van der Waals surface area contributed by atoms with Gasteiger partial charge in [-0.1, -0.05) is 201 Å². The Morgan fingerprint density at radius 2 is 1.04 bits per heavy atom. The number of aliphatic hydroxyl groups excluding tert-OH is 2. The van der Waals surface area contributed by atoms with E-state index >= 15 is 0 Å². The van der Waals surface area contributed by atoms with Crippen molar-refractivity contribution in [3.8, 4) is 0 Å². The second kappa shape index (κ2) is 38.3. The third-order valence-corrected chi connectivity index (χ3v) is 15.4. The predicted octanol–water partition coefficient (Wildman–Crippen LogP) is 11.6. The molecule has 0 bridgehead atoms. The van der Waals surface area contributed by atoms with Gasteiger partial charge in [0.25, 0.3) is 0 Å². The quantitative estimate of drug-likeness (QED) is 0.0231. The van der Waals surface area contributed by atoms with E-state index < -0.39 is 83.7 Å². The minimum absolute atomic E-state index is 0.0569. The Morgan fingerprint density at radius 3 is 1.48 bits per heavy atom. The number of carbonyl (C=O) groups is 2. The summed E-state index contributed by atoms with van der Waals surface area (Å²) >= 11 is 0. The van der Waals surface area contributed by atoms with Crippen molar-refractivity contribution in [2.75, 3.05) is 25.6 Å². The Labute approximate surface area is 425 Å². The van der Waals surface area contributed by atoms with Crippen LogP contribution in [-0.2, 0) is 46.3 Å². The predicted molar refractivity (Wildman–Crippen MR) is 275 cm³/mol. The number of carbonyl (C=O) groups excluding carboxylic acids is 2. The lowest BCUT2D eigenvalue weighted by Crippen LogP contribution is -2.36. The first-order chi connectivity index (χ1) is 33.9. The normalized spacial score (nSPS) is 19.2.